The molecule has 6 heteroatoms. The first-order chi connectivity index (χ1) is 9.00. The lowest BCUT2D eigenvalue weighted by atomic mass is 9.95. The van der Waals surface area contributed by atoms with E-state index in [0.717, 1.165) is 32.4 Å². The highest BCUT2D eigenvalue weighted by Gasteiger charge is 2.29. The van der Waals surface area contributed by atoms with Crippen LogP contribution in [0.5, 0.6) is 0 Å². The Kier molecular flexibility index (Phi) is 5.22. The van der Waals surface area contributed by atoms with Gasteiger partial charge >= 0.3 is 0 Å². The molecule has 1 N–H and O–H groups in total. The van der Waals surface area contributed by atoms with Gasteiger partial charge in [-0.05, 0) is 38.1 Å². The number of sulfonamides is 1. The van der Waals surface area contributed by atoms with Gasteiger partial charge in [-0.2, -0.15) is 0 Å². The summed E-state index contributed by atoms with van der Waals surface area (Å²) in [6.45, 7) is 3.51. The van der Waals surface area contributed by atoms with Crippen LogP contribution in [0.1, 0.15) is 32.1 Å². The minimum Gasteiger partial charge on any atom is -0.395 e. The smallest absolute Gasteiger partial charge is 0.211 e. The van der Waals surface area contributed by atoms with Crippen molar-refractivity contribution >= 4 is 10.0 Å². The van der Waals surface area contributed by atoms with Crippen molar-refractivity contribution in [2.45, 2.75) is 38.1 Å². The van der Waals surface area contributed by atoms with Gasteiger partial charge < -0.3 is 5.11 Å². The molecular formula is C13H26N2O3S. The van der Waals surface area contributed by atoms with E-state index in [1.807, 2.05) is 0 Å². The highest BCUT2D eigenvalue weighted by Crippen LogP contribution is 2.23. The van der Waals surface area contributed by atoms with Crippen LogP contribution in [0.3, 0.4) is 0 Å². The van der Waals surface area contributed by atoms with E-state index in [4.69, 9.17) is 0 Å². The SMILES string of the molecule is CS(=O)(=O)N1CCCC(CN2CCCCC2CO)C1. The molecule has 2 atom stereocenters. The van der Waals surface area contributed by atoms with Crippen molar-refractivity contribution in [2.24, 2.45) is 5.92 Å². The third-order valence-corrected chi connectivity index (χ3v) is 5.67. The quantitative estimate of drug-likeness (QED) is 0.819. The molecule has 0 aromatic carbocycles. The fraction of sp³-hybridized carbons (Fsp3) is 1.00. The first-order valence-electron chi connectivity index (χ1n) is 7.30. The van der Waals surface area contributed by atoms with Crippen molar-refractivity contribution in [3.63, 3.8) is 0 Å². The van der Waals surface area contributed by atoms with E-state index in [-0.39, 0.29) is 12.6 Å². The maximum Gasteiger partial charge on any atom is 0.211 e. The standard InChI is InChI=1S/C13H26N2O3S/c1-19(17,18)15-8-4-5-12(10-15)9-14-7-3-2-6-13(14)11-16/h12-13,16H,2-11H2,1H3. The zero-order valence-electron chi connectivity index (χ0n) is 11.8. The summed E-state index contributed by atoms with van der Waals surface area (Å²) in [7, 11) is -3.05. The Morgan fingerprint density at radius 1 is 1.16 bits per heavy atom. The Morgan fingerprint density at radius 3 is 2.63 bits per heavy atom. The molecule has 0 spiro atoms. The van der Waals surface area contributed by atoms with Crippen molar-refractivity contribution in [3.8, 4) is 0 Å². The number of nitrogens with zero attached hydrogens (tertiary/aromatic N) is 2. The first-order valence-corrected chi connectivity index (χ1v) is 9.15. The molecule has 0 amide bonds. The Hall–Kier alpha value is -0.170. The monoisotopic (exact) mass is 290 g/mol. The second-order valence-corrected chi connectivity index (χ2v) is 7.94. The van der Waals surface area contributed by atoms with Crippen LogP contribution in [0.4, 0.5) is 0 Å². The van der Waals surface area contributed by atoms with Crippen molar-refractivity contribution in [1.29, 1.82) is 0 Å². The van der Waals surface area contributed by atoms with Crippen molar-refractivity contribution in [1.82, 2.24) is 9.21 Å². The van der Waals surface area contributed by atoms with Gasteiger partial charge in [-0.15, -0.1) is 0 Å². The van der Waals surface area contributed by atoms with Crippen molar-refractivity contribution in [3.05, 3.63) is 0 Å². The van der Waals surface area contributed by atoms with Crippen molar-refractivity contribution < 1.29 is 13.5 Å². The predicted molar refractivity (Wildman–Crippen MR) is 75.4 cm³/mol. The number of likely N-dealkylation sites (tertiary alicyclic amines) is 1. The zero-order valence-corrected chi connectivity index (χ0v) is 12.6. The normalized spacial score (nSPS) is 31.5. The molecule has 0 saturated carbocycles. The average Bonchev–Trinajstić information content (AvgIpc) is 2.39. The summed E-state index contributed by atoms with van der Waals surface area (Å²) < 4.78 is 24.8. The van der Waals surface area contributed by atoms with E-state index in [9.17, 15) is 13.5 Å². The molecule has 0 bridgehead atoms. The summed E-state index contributed by atoms with van der Waals surface area (Å²) in [6, 6.07) is 0.280. The number of piperidine rings is 2. The second kappa shape index (κ2) is 6.52. The number of hydrogen-bond acceptors (Lipinski definition) is 4. The largest absolute Gasteiger partial charge is 0.395 e. The first kappa shape index (κ1) is 15.2. The minimum atomic E-state index is -3.05. The van der Waals surface area contributed by atoms with Gasteiger partial charge in [0.1, 0.15) is 0 Å². The molecule has 0 aromatic heterocycles. The van der Waals surface area contributed by atoms with Gasteiger partial charge in [0.25, 0.3) is 0 Å². The molecule has 0 radical (unpaired) electrons. The van der Waals surface area contributed by atoms with Gasteiger partial charge in [0.15, 0.2) is 0 Å². The molecule has 2 saturated heterocycles. The number of rotatable bonds is 4. The summed E-state index contributed by atoms with van der Waals surface area (Å²) in [5.74, 6) is 0.413. The van der Waals surface area contributed by atoms with E-state index >= 15 is 0 Å². The van der Waals surface area contributed by atoms with Crippen molar-refractivity contribution in [2.75, 3.05) is 39.0 Å². The Morgan fingerprint density at radius 2 is 1.95 bits per heavy atom. The fourth-order valence-corrected chi connectivity index (χ4v) is 4.26. The van der Waals surface area contributed by atoms with Gasteiger partial charge in [-0.25, -0.2) is 12.7 Å². The molecule has 2 heterocycles. The van der Waals surface area contributed by atoms with E-state index < -0.39 is 10.0 Å². The molecule has 112 valence electrons. The summed E-state index contributed by atoms with van der Waals surface area (Å²) in [4.78, 5) is 2.36. The number of aliphatic hydroxyl groups excluding tert-OH is 1. The lowest BCUT2D eigenvalue weighted by molar-refractivity contribution is 0.0663. The summed E-state index contributed by atoms with van der Waals surface area (Å²) in [6.07, 6.45) is 6.81. The lowest BCUT2D eigenvalue weighted by Gasteiger charge is -2.39. The number of aliphatic hydroxyl groups is 1. The summed E-state index contributed by atoms with van der Waals surface area (Å²) >= 11 is 0. The van der Waals surface area contributed by atoms with Crippen LogP contribution < -0.4 is 0 Å². The molecule has 0 aromatic rings. The van der Waals surface area contributed by atoms with Gasteiger partial charge in [0.2, 0.25) is 10.0 Å². The highest BCUT2D eigenvalue weighted by atomic mass is 32.2. The van der Waals surface area contributed by atoms with Crippen LogP contribution >= 0.6 is 0 Å². The molecule has 2 rings (SSSR count). The third-order valence-electron chi connectivity index (χ3n) is 4.40. The Labute approximate surface area is 116 Å². The van der Waals surface area contributed by atoms with E-state index in [1.54, 1.807) is 4.31 Å². The Bertz CT molecular complexity index is 385. The Balaban J connectivity index is 1.91. The summed E-state index contributed by atoms with van der Waals surface area (Å²) in [5.41, 5.74) is 0. The molecule has 2 aliphatic rings. The topological polar surface area (TPSA) is 60.9 Å². The van der Waals surface area contributed by atoms with E-state index in [2.05, 4.69) is 4.90 Å². The second-order valence-electron chi connectivity index (χ2n) is 5.96. The van der Waals surface area contributed by atoms with Crippen LogP contribution in [-0.2, 0) is 10.0 Å². The molecule has 2 fully saturated rings. The molecule has 2 aliphatic heterocycles. The fourth-order valence-electron chi connectivity index (χ4n) is 3.32. The van der Waals surface area contributed by atoms with Crippen LogP contribution in [-0.4, -0.2) is 67.8 Å². The summed E-state index contributed by atoms with van der Waals surface area (Å²) in [5, 5.41) is 9.42. The molecule has 2 unspecified atom stereocenters. The molecule has 5 nitrogen and oxygen atoms in total. The van der Waals surface area contributed by atoms with Crippen LogP contribution in [0, 0.1) is 5.92 Å². The minimum absolute atomic E-state index is 0.225. The van der Waals surface area contributed by atoms with Crippen LogP contribution in [0.2, 0.25) is 0 Å². The number of hydrogen-bond donors (Lipinski definition) is 1. The van der Waals surface area contributed by atoms with E-state index in [1.165, 1.54) is 19.1 Å². The third kappa shape index (κ3) is 4.15. The zero-order chi connectivity index (χ0) is 13.9. The van der Waals surface area contributed by atoms with Gasteiger partial charge in [0, 0.05) is 25.7 Å². The predicted octanol–water partition coefficient (Wildman–Crippen LogP) is 0.505. The molecule has 0 aliphatic carbocycles. The maximum atomic E-state index is 11.6. The molecule has 19 heavy (non-hydrogen) atoms. The molecular weight excluding hydrogens is 264 g/mol. The van der Waals surface area contributed by atoms with Gasteiger partial charge in [-0.1, -0.05) is 6.42 Å². The van der Waals surface area contributed by atoms with Gasteiger partial charge in [-0.3, -0.25) is 4.90 Å². The lowest BCUT2D eigenvalue weighted by Crippen LogP contribution is -2.48. The van der Waals surface area contributed by atoms with Crippen LogP contribution in [0.25, 0.3) is 0 Å². The highest BCUT2D eigenvalue weighted by molar-refractivity contribution is 7.88. The van der Waals surface area contributed by atoms with E-state index in [0.29, 0.717) is 19.0 Å². The van der Waals surface area contributed by atoms with Crippen LogP contribution in [0.15, 0.2) is 0 Å². The van der Waals surface area contributed by atoms with Gasteiger partial charge in [0.05, 0.1) is 12.9 Å². The average molecular weight is 290 g/mol. The maximum absolute atomic E-state index is 11.6.